The zero-order valence-corrected chi connectivity index (χ0v) is 7.88. The molecule has 0 aliphatic heterocycles. The van der Waals surface area contributed by atoms with Crippen molar-refractivity contribution in [1.82, 2.24) is 0 Å². The molecule has 0 amide bonds. The van der Waals surface area contributed by atoms with Crippen LogP contribution in [0.25, 0.3) is 0 Å². The molecule has 0 saturated carbocycles. The van der Waals surface area contributed by atoms with Gasteiger partial charge in [-0.05, 0) is 30.4 Å². The molecule has 0 aromatic heterocycles. The van der Waals surface area contributed by atoms with Gasteiger partial charge in [-0.25, -0.2) is 0 Å². The molecular weight excluding hydrogens is 144 g/mol. The molecular formula is C12H16. The van der Waals surface area contributed by atoms with Crippen LogP contribution in [0.3, 0.4) is 0 Å². The summed E-state index contributed by atoms with van der Waals surface area (Å²) in [7, 11) is 0. The van der Waals surface area contributed by atoms with Crippen molar-refractivity contribution in [1.29, 1.82) is 0 Å². The molecule has 0 radical (unpaired) electrons. The average Bonchev–Trinajstić information content (AvgIpc) is 2.03. The maximum absolute atomic E-state index is 4.05. The summed E-state index contributed by atoms with van der Waals surface area (Å²) in [5, 5.41) is 0. The van der Waals surface area contributed by atoms with E-state index in [-0.39, 0.29) is 0 Å². The van der Waals surface area contributed by atoms with E-state index in [1.807, 2.05) is 13.0 Å². The van der Waals surface area contributed by atoms with E-state index in [0.717, 1.165) is 6.42 Å². The summed E-state index contributed by atoms with van der Waals surface area (Å²) >= 11 is 0. The lowest BCUT2D eigenvalue weighted by Crippen LogP contribution is -1.99. The lowest BCUT2D eigenvalue weighted by molar-refractivity contribution is 0.710. The van der Waals surface area contributed by atoms with Crippen LogP contribution in [0, 0.1) is 5.92 Å². The van der Waals surface area contributed by atoms with Gasteiger partial charge in [0.25, 0.3) is 0 Å². The van der Waals surface area contributed by atoms with Gasteiger partial charge in [0.05, 0.1) is 0 Å². The molecule has 1 aliphatic rings. The van der Waals surface area contributed by atoms with Crippen LogP contribution in [-0.4, -0.2) is 0 Å². The lowest BCUT2D eigenvalue weighted by Gasteiger charge is -2.15. The van der Waals surface area contributed by atoms with Crippen molar-refractivity contribution < 1.29 is 0 Å². The fourth-order valence-corrected chi connectivity index (χ4v) is 1.33. The van der Waals surface area contributed by atoms with Crippen LogP contribution in [0.1, 0.15) is 20.3 Å². The first kappa shape index (κ1) is 9.05. The molecule has 0 saturated heterocycles. The second kappa shape index (κ2) is 4.10. The topological polar surface area (TPSA) is 0 Å². The van der Waals surface area contributed by atoms with Crippen molar-refractivity contribution in [3.05, 3.63) is 48.1 Å². The highest BCUT2D eigenvalue weighted by atomic mass is 14.1. The van der Waals surface area contributed by atoms with Gasteiger partial charge in [0.1, 0.15) is 0 Å². The Labute approximate surface area is 75.0 Å². The maximum Gasteiger partial charge on any atom is -0.0218 e. The standard InChI is InChI=1S/C12H16/c1-4-5-6-12-8-7-10(2)9-11(12)3/h4-8,10H,3,9H2,1-2H3/b5-4-,12-6-. The highest BCUT2D eigenvalue weighted by Crippen LogP contribution is 2.25. The van der Waals surface area contributed by atoms with Gasteiger partial charge in [0.2, 0.25) is 0 Å². The highest BCUT2D eigenvalue weighted by molar-refractivity contribution is 5.43. The Bertz CT molecular complexity index is 251. The van der Waals surface area contributed by atoms with E-state index in [2.05, 4.69) is 37.8 Å². The summed E-state index contributed by atoms with van der Waals surface area (Å²) in [6, 6.07) is 0. The fourth-order valence-electron chi connectivity index (χ4n) is 1.33. The van der Waals surface area contributed by atoms with Crippen LogP contribution in [0.4, 0.5) is 0 Å². The quantitative estimate of drug-likeness (QED) is 0.549. The number of hydrogen-bond acceptors (Lipinski definition) is 0. The second-order valence-electron chi connectivity index (χ2n) is 3.29. The molecule has 0 spiro atoms. The first-order valence-corrected chi connectivity index (χ1v) is 4.43. The summed E-state index contributed by atoms with van der Waals surface area (Å²) in [5.74, 6) is 0.653. The summed E-state index contributed by atoms with van der Waals surface area (Å²) in [5.41, 5.74) is 2.52. The predicted octanol–water partition coefficient (Wildman–Crippen LogP) is 3.64. The minimum absolute atomic E-state index is 0.653. The Morgan fingerprint density at radius 1 is 1.58 bits per heavy atom. The fraction of sp³-hybridized carbons (Fsp3) is 0.333. The van der Waals surface area contributed by atoms with Gasteiger partial charge < -0.3 is 0 Å². The van der Waals surface area contributed by atoms with E-state index >= 15 is 0 Å². The molecule has 0 bridgehead atoms. The van der Waals surface area contributed by atoms with Crippen molar-refractivity contribution in [2.45, 2.75) is 20.3 Å². The third-order valence-electron chi connectivity index (χ3n) is 2.05. The van der Waals surface area contributed by atoms with E-state index in [1.54, 1.807) is 0 Å². The van der Waals surface area contributed by atoms with Gasteiger partial charge in [-0.15, -0.1) is 0 Å². The first-order valence-electron chi connectivity index (χ1n) is 4.43. The third kappa shape index (κ3) is 2.23. The Morgan fingerprint density at radius 2 is 2.33 bits per heavy atom. The van der Waals surface area contributed by atoms with Crippen molar-refractivity contribution in [3.8, 4) is 0 Å². The Morgan fingerprint density at radius 3 is 2.92 bits per heavy atom. The molecule has 0 heterocycles. The zero-order valence-electron chi connectivity index (χ0n) is 7.88. The van der Waals surface area contributed by atoms with Crippen LogP contribution in [0.5, 0.6) is 0 Å². The molecule has 64 valence electrons. The molecule has 1 unspecified atom stereocenters. The van der Waals surface area contributed by atoms with Crippen molar-refractivity contribution in [2.24, 2.45) is 5.92 Å². The number of hydrogen-bond donors (Lipinski definition) is 0. The van der Waals surface area contributed by atoms with E-state index in [0.29, 0.717) is 5.92 Å². The minimum atomic E-state index is 0.653. The summed E-state index contributed by atoms with van der Waals surface area (Å²) in [6.45, 7) is 8.28. The Hall–Kier alpha value is -1.04. The van der Waals surface area contributed by atoms with E-state index in [1.165, 1.54) is 11.1 Å². The van der Waals surface area contributed by atoms with E-state index in [9.17, 15) is 0 Å². The maximum atomic E-state index is 4.05. The molecule has 0 aromatic carbocycles. The number of allylic oxidation sites excluding steroid dienone is 7. The monoisotopic (exact) mass is 160 g/mol. The van der Waals surface area contributed by atoms with Gasteiger partial charge >= 0.3 is 0 Å². The van der Waals surface area contributed by atoms with Crippen LogP contribution < -0.4 is 0 Å². The minimum Gasteiger partial charge on any atom is -0.0952 e. The molecule has 12 heavy (non-hydrogen) atoms. The zero-order chi connectivity index (χ0) is 8.97. The van der Waals surface area contributed by atoms with E-state index < -0.39 is 0 Å². The first-order chi connectivity index (χ1) is 5.74. The second-order valence-corrected chi connectivity index (χ2v) is 3.29. The Balaban J connectivity index is 2.79. The van der Waals surface area contributed by atoms with Crippen molar-refractivity contribution in [2.75, 3.05) is 0 Å². The van der Waals surface area contributed by atoms with Crippen molar-refractivity contribution >= 4 is 0 Å². The molecule has 1 atom stereocenters. The smallest absolute Gasteiger partial charge is 0.0218 e. The lowest BCUT2D eigenvalue weighted by atomic mass is 9.90. The van der Waals surface area contributed by atoms with Gasteiger partial charge in [-0.3, -0.25) is 0 Å². The number of rotatable bonds is 1. The van der Waals surface area contributed by atoms with Crippen LogP contribution in [0.2, 0.25) is 0 Å². The van der Waals surface area contributed by atoms with Gasteiger partial charge in [0, 0.05) is 0 Å². The van der Waals surface area contributed by atoms with Crippen molar-refractivity contribution in [3.63, 3.8) is 0 Å². The highest BCUT2D eigenvalue weighted by Gasteiger charge is 2.08. The molecule has 0 heteroatoms. The van der Waals surface area contributed by atoms with Gasteiger partial charge in [-0.2, -0.15) is 0 Å². The summed E-state index contributed by atoms with van der Waals surface area (Å²) < 4.78 is 0. The SMILES string of the molecule is C=C1CC(C)C=C/C1=C/C=C\C. The molecule has 1 aliphatic carbocycles. The van der Waals surface area contributed by atoms with Gasteiger partial charge in [0.15, 0.2) is 0 Å². The molecule has 0 nitrogen and oxygen atoms in total. The van der Waals surface area contributed by atoms with Crippen LogP contribution in [-0.2, 0) is 0 Å². The predicted molar refractivity (Wildman–Crippen MR) is 55.0 cm³/mol. The summed E-state index contributed by atoms with van der Waals surface area (Å²) in [6.07, 6.45) is 11.7. The normalized spacial score (nSPS) is 27.3. The molecule has 0 aromatic rings. The largest absolute Gasteiger partial charge is 0.0952 e. The molecule has 1 rings (SSSR count). The Kier molecular flexibility index (Phi) is 3.09. The van der Waals surface area contributed by atoms with Crippen LogP contribution >= 0.6 is 0 Å². The molecule has 0 N–H and O–H groups in total. The van der Waals surface area contributed by atoms with Gasteiger partial charge in [-0.1, -0.05) is 43.9 Å². The van der Waals surface area contributed by atoms with Crippen LogP contribution in [0.15, 0.2) is 48.1 Å². The molecule has 0 fully saturated rings. The third-order valence-corrected chi connectivity index (χ3v) is 2.05. The average molecular weight is 160 g/mol. The van der Waals surface area contributed by atoms with E-state index in [4.69, 9.17) is 0 Å². The summed E-state index contributed by atoms with van der Waals surface area (Å²) in [4.78, 5) is 0.